The molecular formula is C28H22F6O3S2. The van der Waals surface area contributed by atoms with E-state index in [0.717, 1.165) is 5.56 Å². The molecule has 0 aliphatic carbocycles. The van der Waals surface area contributed by atoms with Crippen LogP contribution in [-0.2, 0) is 32.5 Å². The molecule has 0 spiro atoms. The molecule has 11 heteroatoms. The molecule has 0 aliphatic rings. The van der Waals surface area contributed by atoms with Crippen molar-refractivity contribution in [3.63, 3.8) is 0 Å². The maximum absolute atomic E-state index is 13.7. The second-order valence-electron chi connectivity index (χ2n) is 8.44. The van der Waals surface area contributed by atoms with Crippen molar-refractivity contribution >= 4 is 20.4 Å². The van der Waals surface area contributed by atoms with Gasteiger partial charge in [0.15, 0.2) is 0 Å². The molecule has 0 heterocycles. The minimum atomic E-state index is -5.23. The number of hydrogen-bond donors (Lipinski definition) is 0. The van der Waals surface area contributed by atoms with Crippen LogP contribution in [0.2, 0.25) is 0 Å². The summed E-state index contributed by atoms with van der Waals surface area (Å²) in [5.41, 5.74) is -2.58. The van der Waals surface area contributed by atoms with Crippen LogP contribution >= 0.6 is 10.3 Å². The van der Waals surface area contributed by atoms with Gasteiger partial charge in [0, 0.05) is 14.7 Å². The summed E-state index contributed by atoms with van der Waals surface area (Å²) in [6.45, 7) is 1.93. The molecule has 0 bridgehead atoms. The Balaban J connectivity index is 2.02. The molecule has 4 rings (SSSR count). The van der Waals surface area contributed by atoms with Gasteiger partial charge in [-0.3, -0.25) is 0 Å². The monoisotopic (exact) mass is 584 g/mol. The van der Waals surface area contributed by atoms with Gasteiger partial charge in [-0.25, -0.2) is 3.63 Å². The Morgan fingerprint density at radius 2 is 1.00 bits per heavy atom. The van der Waals surface area contributed by atoms with Crippen molar-refractivity contribution in [3.05, 3.63) is 120 Å². The summed E-state index contributed by atoms with van der Waals surface area (Å²) in [7, 11) is -8.42. The topological polar surface area (TPSA) is 43.4 Å². The molecular weight excluding hydrogens is 562 g/mol. The standard InChI is InChI=1S/C28H22F6O3S2/c1-2-20-13-15-25(16-14-20)38(23-9-5-3-6-10-23,24-11-7-4-8-12-24)37-39(35,36)26-18-21(27(29,30)31)17-22(19-26)28(32,33)34/h3-19H,2H2,1H3. The van der Waals surface area contributed by atoms with Crippen molar-refractivity contribution in [1.29, 1.82) is 0 Å². The predicted molar refractivity (Wildman–Crippen MR) is 136 cm³/mol. The van der Waals surface area contributed by atoms with Gasteiger partial charge in [0.1, 0.15) is 0 Å². The summed E-state index contributed by atoms with van der Waals surface area (Å²) >= 11 is 0. The van der Waals surface area contributed by atoms with E-state index < -0.39 is 48.8 Å². The summed E-state index contributed by atoms with van der Waals surface area (Å²) in [6, 6.07) is 23.4. The summed E-state index contributed by atoms with van der Waals surface area (Å²) in [4.78, 5) is -0.0960. The third-order valence-electron chi connectivity index (χ3n) is 5.86. The molecule has 0 amide bonds. The van der Waals surface area contributed by atoms with Gasteiger partial charge in [-0.05, 0) is 76.9 Å². The fraction of sp³-hybridized carbons (Fsp3) is 0.143. The van der Waals surface area contributed by atoms with E-state index in [1.807, 2.05) is 6.92 Å². The molecule has 0 unspecified atom stereocenters. The predicted octanol–water partition coefficient (Wildman–Crippen LogP) is 8.89. The molecule has 206 valence electrons. The third kappa shape index (κ3) is 6.00. The van der Waals surface area contributed by atoms with Crippen LogP contribution in [-0.4, -0.2) is 8.42 Å². The maximum atomic E-state index is 13.7. The molecule has 0 aliphatic heterocycles. The largest absolute Gasteiger partial charge is 0.416 e. The van der Waals surface area contributed by atoms with Gasteiger partial charge >= 0.3 is 22.5 Å². The molecule has 3 nitrogen and oxygen atoms in total. The van der Waals surface area contributed by atoms with Crippen molar-refractivity contribution < 1.29 is 38.4 Å². The number of aryl methyl sites for hydroxylation is 1. The van der Waals surface area contributed by atoms with Gasteiger partial charge in [-0.2, -0.15) is 34.8 Å². The van der Waals surface area contributed by atoms with E-state index in [2.05, 4.69) is 0 Å². The van der Waals surface area contributed by atoms with Crippen LogP contribution in [0.5, 0.6) is 0 Å². The van der Waals surface area contributed by atoms with Gasteiger partial charge < -0.3 is 0 Å². The third-order valence-corrected chi connectivity index (χ3v) is 11.0. The molecule has 0 saturated heterocycles. The second-order valence-corrected chi connectivity index (χ2v) is 12.9. The molecule has 0 fully saturated rings. The van der Waals surface area contributed by atoms with Crippen LogP contribution in [0.3, 0.4) is 0 Å². The lowest BCUT2D eigenvalue weighted by Crippen LogP contribution is -2.17. The molecule has 0 radical (unpaired) electrons. The first-order chi connectivity index (χ1) is 18.3. The van der Waals surface area contributed by atoms with Gasteiger partial charge in [0.05, 0.1) is 16.0 Å². The Morgan fingerprint density at radius 1 is 0.590 bits per heavy atom. The number of hydrogen-bond acceptors (Lipinski definition) is 3. The minimum absolute atomic E-state index is 0.128. The van der Waals surface area contributed by atoms with Crippen molar-refractivity contribution in [2.75, 3.05) is 0 Å². The van der Waals surface area contributed by atoms with Crippen LogP contribution in [0.25, 0.3) is 0 Å². The van der Waals surface area contributed by atoms with Crippen molar-refractivity contribution in [2.45, 2.75) is 45.3 Å². The van der Waals surface area contributed by atoms with E-state index >= 15 is 0 Å². The fourth-order valence-corrected chi connectivity index (χ4v) is 9.20. The zero-order valence-electron chi connectivity index (χ0n) is 20.3. The Kier molecular flexibility index (Phi) is 7.89. The summed E-state index contributed by atoms with van der Waals surface area (Å²) in [6.07, 6.45) is -9.78. The van der Waals surface area contributed by atoms with E-state index in [1.165, 1.54) is 0 Å². The maximum Gasteiger partial charge on any atom is 0.416 e. The van der Waals surface area contributed by atoms with E-state index in [9.17, 15) is 34.8 Å². The lowest BCUT2D eigenvalue weighted by atomic mass is 10.1. The smallest absolute Gasteiger partial charge is 0.203 e. The summed E-state index contributed by atoms with van der Waals surface area (Å²) < 4.78 is 115. The van der Waals surface area contributed by atoms with Crippen LogP contribution in [0.4, 0.5) is 26.3 Å². The quantitative estimate of drug-likeness (QED) is 0.204. The van der Waals surface area contributed by atoms with E-state index in [1.54, 1.807) is 84.9 Å². The number of rotatable bonds is 7. The highest BCUT2D eigenvalue weighted by molar-refractivity contribution is 8.33. The molecule has 0 N–H and O–H groups in total. The molecule has 4 aromatic rings. The zero-order valence-corrected chi connectivity index (χ0v) is 22.0. The van der Waals surface area contributed by atoms with Gasteiger partial charge in [-0.1, -0.05) is 55.5 Å². The first kappa shape index (κ1) is 28.7. The zero-order chi connectivity index (χ0) is 28.5. The lowest BCUT2D eigenvalue weighted by Gasteiger charge is -2.39. The Hall–Kier alpha value is -3.28. The van der Waals surface area contributed by atoms with Crippen molar-refractivity contribution in [2.24, 2.45) is 0 Å². The molecule has 0 aromatic heterocycles. The van der Waals surface area contributed by atoms with Gasteiger partial charge in [0.2, 0.25) is 0 Å². The highest BCUT2D eigenvalue weighted by Crippen LogP contribution is 2.70. The minimum Gasteiger partial charge on any atom is -0.203 e. The van der Waals surface area contributed by atoms with Crippen LogP contribution < -0.4 is 0 Å². The van der Waals surface area contributed by atoms with Gasteiger partial charge in [-0.15, -0.1) is 0 Å². The Bertz CT molecular complexity index is 1460. The van der Waals surface area contributed by atoms with Crippen LogP contribution in [0, 0.1) is 0 Å². The first-order valence-electron chi connectivity index (χ1n) is 11.6. The summed E-state index contributed by atoms with van der Waals surface area (Å²) in [5.74, 6) is 0. The highest BCUT2D eigenvalue weighted by atomic mass is 32.3. The lowest BCUT2D eigenvalue weighted by molar-refractivity contribution is -0.143. The van der Waals surface area contributed by atoms with E-state index in [4.69, 9.17) is 3.63 Å². The molecule has 39 heavy (non-hydrogen) atoms. The molecule has 0 saturated carbocycles. The summed E-state index contributed by atoms with van der Waals surface area (Å²) in [5, 5.41) is 0. The Morgan fingerprint density at radius 3 is 1.38 bits per heavy atom. The van der Waals surface area contributed by atoms with Crippen LogP contribution in [0.15, 0.2) is 123 Å². The number of halogens is 6. The van der Waals surface area contributed by atoms with Crippen LogP contribution in [0.1, 0.15) is 23.6 Å². The SMILES string of the molecule is CCc1ccc(S(OS(=O)(=O)c2cc(C(F)(F)F)cc(C(F)(F)F)c2)(c2ccccc2)c2ccccc2)cc1. The number of benzene rings is 4. The van der Waals surface area contributed by atoms with Crippen molar-refractivity contribution in [1.82, 2.24) is 0 Å². The fourth-order valence-electron chi connectivity index (χ4n) is 3.91. The molecule has 0 atom stereocenters. The highest BCUT2D eigenvalue weighted by Gasteiger charge is 2.42. The van der Waals surface area contributed by atoms with Crippen molar-refractivity contribution in [3.8, 4) is 0 Å². The second kappa shape index (κ2) is 10.7. The average molecular weight is 585 g/mol. The van der Waals surface area contributed by atoms with E-state index in [-0.39, 0.29) is 18.2 Å². The Labute approximate surface area is 223 Å². The average Bonchev–Trinajstić information content (AvgIpc) is 2.91. The van der Waals surface area contributed by atoms with E-state index in [0.29, 0.717) is 21.1 Å². The molecule has 4 aromatic carbocycles. The first-order valence-corrected chi connectivity index (χ1v) is 14.5. The number of alkyl halides is 6. The van der Waals surface area contributed by atoms with Gasteiger partial charge in [0.25, 0.3) is 0 Å². The normalized spacial score (nSPS) is 13.3.